The van der Waals surface area contributed by atoms with Crippen molar-refractivity contribution < 1.29 is 9.26 Å². The molecule has 0 bridgehead atoms. The van der Waals surface area contributed by atoms with E-state index < -0.39 is 0 Å². The van der Waals surface area contributed by atoms with Crippen molar-refractivity contribution in [2.24, 2.45) is 5.92 Å². The van der Waals surface area contributed by atoms with Crippen molar-refractivity contribution in [1.82, 2.24) is 15.5 Å². The molecule has 2 rings (SSSR count). The normalized spacial score (nSPS) is 21.0. The molecule has 0 unspecified atom stereocenters. The first kappa shape index (κ1) is 10.6. The number of aryl methyl sites for hydroxylation is 1. The molecule has 1 aliphatic rings. The van der Waals surface area contributed by atoms with Gasteiger partial charge in [0.25, 0.3) is 0 Å². The van der Waals surface area contributed by atoms with Gasteiger partial charge in [0.2, 0.25) is 5.89 Å². The maximum atomic E-state index is 5.54. The van der Waals surface area contributed by atoms with Crippen molar-refractivity contribution in [2.75, 3.05) is 19.7 Å². The van der Waals surface area contributed by atoms with Crippen LogP contribution in [-0.2, 0) is 17.8 Å². The third-order valence-corrected chi connectivity index (χ3v) is 2.56. The minimum atomic E-state index is 0.458. The number of hydrogen-bond donors (Lipinski definition) is 1. The topological polar surface area (TPSA) is 60.2 Å². The van der Waals surface area contributed by atoms with Crippen molar-refractivity contribution in [1.29, 1.82) is 0 Å². The second kappa shape index (κ2) is 5.23. The molecular weight excluding hydrogens is 194 g/mol. The molecule has 1 fully saturated rings. The summed E-state index contributed by atoms with van der Waals surface area (Å²) in [5, 5.41) is 7.13. The fraction of sp³-hybridized carbons (Fsp3) is 0.800. The van der Waals surface area contributed by atoms with E-state index in [0.717, 1.165) is 26.1 Å². The van der Waals surface area contributed by atoms with E-state index in [1.807, 2.05) is 6.92 Å². The summed E-state index contributed by atoms with van der Waals surface area (Å²) in [6.07, 6.45) is 1.98. The molecule has 1 atom stereocenters. The first-order chi connectivity index (χ1) is 7.38. The van der Waals surface area contributed by atoms with E-state index in [1.165, 1.54) is 6.42 Å². The predicted octanol–water partition coefficient (Wildman–Crippen LogP) is 0.758. The van der Waals surface area contributed by atoms with Crippen molar-refractivity contribution in [2.45, 2.75) is 26.4 Å². The second-order valence-electron chi connectivity index (χ2n) is 3.83. The Balaban J connectivity index is 1.68. The zero-order valence-electron chi connectivity index (χ0n) is 9.03. The van der Waals surface area contributed by atoms with Gasteiger partial charge in [0, 0.05) is 13.0 Å². The van der Waals surface area contributed by atoms with Gasteiger partial charge in [-0.1, -0.05) is 12.1 Å². The van der Waals surface area contributed by atoms with Gasteiger partial charge in [-0.2, -0.15) is 4.98 Å². The van der Waals surface area contributed by atoms with Crippen LogP contribution in [0.15, 0.2) is 4.52 Å². The maximum Gasteiger partial charge on any atom is 0.226 e. The third kappa shape index (κ3) is 3.00. The highest BCUT2D eigenvalue weighted by Crippen LogP contribution is 2.08. The van der Waals surface area contributed by atoms with Crippen LogP contribution < -0.4 is 5.32 Å². The zero-order valence-corrected chi connectivity index (χ0v) is 9.03. The molecule has 1 aliphatic heterocycles. The highest BCUT2D eigenvalue weighted by molar-refractivity contribution is 4.83. The van der Waals surface area contributed by atoms with Crippen LogP contribution in [0.5, 0.6) is 0 Å². The number of hydrogen-bond acceptors (Lipinski definition) is 5. The van der Waals surface area contributed by atoms with Gasteiger partial charge in [-0.05, 0) is 18.9 Å². The van der Waals surface area contributed by atoms with E-state index in [-0.39, 0.29) is 0 Å². The van der Waals surface area contributed by atoms with E-state index >= 15 is 0 Å². The fourth-order valence-corrected chi connectivity index (χ4v) is 1.67. The molecule has 0 saturated carbocycles. The van der Waals surface area contributed by atoms with Crippen LogP contribution in [-0.4, -0.2) is 29.8 Å². The number of aromatic nitrogens is 2. The third-order valence-electron chi connectivity index (χ3n) is 2.56. The molecule has 5 heteroatoms. The lowest BCUT2D eigenvalue weighted by molar-refractivity contribution is 0.0864. The summed E-state index contributed by atoms with van der Waals surface area (Å²) in [5.74, 6) is 1.97. The minimum Gasteiger partial charge on any atom is -0.373 e. The molecule has 0 amide bonds. The molecule has 1 saturated heterocycles. The second-order valence-corrected chi connectivity index (χ2v) is 3.83. The summed E-state index contributed by atoms with van der Waals surface area (Å²) in [7, 11) is 0. The van der Waals surface area contributed by atoms with Crippen LogP contribution in [0, 0.1) is 5.92 Å². The monoisotopic (exact) mass is 211 g/mol. The summed E-state index contributed by atoms with van der Waals surface area (Å²) in [6, 6.07) is 0. The van der Waals surface area contributed by atoms with Crippen molar-refractivity contribution in [3.05, 3.63) is 11.7 Å². The molecule has 1 aromatic heterocycles. The van der Waals surface area contributed by atoms with Gasteiger partial charge < -0.3 is 14.6 Å². The number of nitrogens with one attached hydrogen (secondary N) is 1. The van der Waals surface area contributed by atoms with Gasteiger partial charge in [0.05, 0.1) is 6.61 Å². The molecule has 5 nitrogen and oxygen atoms in total. The Morgan fingerprint density at radius 3 is 3.20 bits per heavy atom. The summed E-state index contributed by atoms with van der Waals surface area (Å²) in [4.78, 5) is 4.17. The largest absolute Gasteiger partial charge is 0.373 e. The number of rotatable bonds is 5. The molecule has 0 spiro atoms. The lowest BCUT2D eigenvalue weighted by Crippen LogP contribution is -2.14. The molecule has 1 aromatic rings. The van der Waals surface area contributed by atoms with Crippen LogP contribution >= 0.6 is 0 Å². The van der Waals surface area contributed by atoms with E-state index in [0.29, 0.717) is 24.2 Å². The number of ether oxygens (including phenoxy) is 1. The highest BCUT2D eigenvalue weighted by Gasteiger charge is 2.14. The summed E-state index contributed by atoms with van der Waals surface area (Å²) in [6.45, 7) is 5.40. The van der Waals surface area contributed by atoms with Gasteiger partial charge in [0.15, 0.2) is 5.82 Å². The molecule has 1 N–H and O–H groups in total. The summed E-state index contributed by atoms with van der Waals surface area (Å²) < 4.78 is 10.5. The van der Waals surface area contributed by atoms with E-state index in [2.05, 4.69) is 15.5 Å². The standard InChI is InChI=1S/C10H17N3O2/c1-2-10-12-9(13-15-10)7-14-6-8-3-4-11-5-8/h8,11H,2-7H2,1H3/t8-/m0/s1. The van der Waals surface area contributed by atoms with E-state index in [1.54, 1.807) is 0 Å². The quantitative estimate of drug-likeness (QED) is 0.779. The van der Waals surface area contributed by atoms with Crippen LogP contribution in [0.25, 0.3) is 0 Å². The Labute approximate surface area is 89.2 Å². The lowest BCUT2D eigenvalue weighted by atomic mass is 10.1. The average molecular weight is 211 g/mol. The molecule has 0 radical (unpaired) electrons. The Morgan fingerprint density at radius 2 is 2.53 bits per heavy atom. The van der Waals surface area contributed by atoms with Gasteiger partial charge in [-0.3, -0.25) is 0 Å². The average Bonchev–Trinajstić information content (AvgIpc) is 2.88. The van der Waals surface area contributed by atoms with E-state index in [9.17, 15) is 0 Å². The zero-order chi connectivity index (χ0) is 10.5. The molecule has 0 aromatic carbocycles. The Hall–Kier alpha value is -0.940. The summed E-state index contributed by atoms with van der Waals surface area (Å²) in [5.41, 5.74) is 0. The molecule has 15 heavy (non-hydrogen) atoms. The first-order valence-electron chi connectivity index (χ1n) is 5.48. The van der Waals surface area contributed by atoms with Crippen LogP contribution in [0.3, 0.4) is 0 Å². The molecule has 84 valence electrons. The Morgan fingerprint density at radius 1 is 1.60 bits per heavy atom. The minimum absolute atomic E-state index is 0.458. The van der Waals surface area contributed by atoms with Gasteiger partial charge in [-0.25, -0.2) is 0 Å². The summed E-state index contributed by atoms with van der Waals surface area (Å²) >= 11 is 0. The maximum absolute atomic E-state index is 5.54. The van der Waals surface area contributed by atoms with Crippen LogP contribution in [0.2, 0.25) is 0 Å². The van der Waals surface area contributed by atoms with Gasteiger partial charge >= 0.3 is 0 Å². The molecular formula is C10H17N3O2. The predicted molar refractivity (Wildman–Crippen MR) is 54.3 cm³/mol. The molecule has 2 heterocycles. The smallest absolute Gasteiger partial charge is 0.226 e. The highest BCUT2D eigenvalue weighted by atomic mass is 16.5. The SMILES string of the molecule is CCc1nc(COC[C@H]2CCNC2)no1. The fourth-order valence-electron chi connectivity index (χ4n) is 1.67. The van der Waals surface area contributed by atoms with Crippen LogP contribution in [0.1, 0.15) is 25.1 Å². The first-order valence-corrected chi connectivity index (χ1v) is 5.48. The molecule has 0 aliphatic carbocycles. The van der Waals surface area contributed by atoms with Crippen molar-refractivity contribution in [3.63, 3.8) is 0 Å². The Bertz CT molecular complexity index is 295. The van der Waals surface area contributed by atoms with Crippen LogP contribution in [0.4, 0.5) is 0 Å². The van der Waals surface area contributed by atoms with E-state index in [4.69, 9.17) is 9.26 Å². The van der Waals surface area contributed by atoms with Crippen molar-refractivity contribution in [3.8, 4) is 0 Å². The lowest BCUT2D eigenvalue weighted by Gasteiger charge is -2.06. The number of nitrogens with zero attached hydrogens (tertiary/aromatic N) is 2. The van der Waals surface area contributed by atoms with Gasteiger partial charge in [-0.15, -0.1) is 0 Å². The van der Waals surface area contributed by atoms with Crippen molar-refractivity contribution >= 4 is 0 Å². The Kier molecular flexibility index (Phi) is 3.69. The van der Waals surface area contributed by atoms with Gasteiger partial charge in [0.1, 0.15) is 6.61 Å².